The Bertz CT molecular complexity index is 1550. The van der Waals surface area contributed by atoms with Crippen LogP contribution in [0.3, 0.4) is 0 Å². The molecule has 0 saturated carbocycles. The highest BCUT2D eigenvalue weighted by Gasteiger charge is 2.25. The van der Waals surface area contributed by atoms with E-state index in [1.54, 1.807) is 24.3 Å². The molecule has 0 saturated heterocycles. The van der Waals surface area contributed by atoms with Crippen molar-refractivity contribution in [2.24, 2.45) is 5.10 Å². The fourth-order valence-electron chi connectivity index (χ4n) is 3.76. The van der Waals surface area contributed by atoms with Crippen molar-refractivity contribution in [3.63, 3.8) is 0 Å². The Labute approximate surface area is 209 Å². The van der Waals surface area contributed by atoms with E-state index in [-0.39, 0.29) is 28.4 Å². The monoisotopic (exact) mass is 495 g/mol. The molecule has 0 bridgehead atoms. The van der Waals surface area contributed by atoms with Crippen LogP contribution in [-0.2, 0) is 0 Å². The van der Waals surface area contributed by atoms with Gasteiger partial charge in [0.05, 0.1) is 34.3 Å². The first-order chi connectivity index (χ1) is 17.8. The van der Waals surface area contributed by atoms with Gasteiger partial charge in [0.25, 0.3) is 0 Å². The molecule has 0 unspecified atom stereocenters. The fraction of sp³-hybridized carbons (Fsp3) is 0. The zero-order valence-electron chi connectivity index (χ0n) is 18.8. The van der Waals surface area contributed by atoms with E-state index in [4.69, 9.17) is 13.1 Å². The lowest BCUT2D eigenvalue weighted by Crippen LogP contribution is -2.24. The molecule has 1 aliphatic rings. The Morgan fingerprint density at radius 1 is 0.811 bits per heavy atom. The van der Waals surface area contributed by atoms with Gasteiger partial charge in [0, 0.05) is 12.1 Å². The molecule has 3 aromatic rings. The lowest BCUT2D eigenvalue weighted by Gasteiger charge is -2.29. The Kier molecular flexibility index (Phi) is 6.95. The maximum atomic E-state index is 14.2. The maximum Gasteiger partial charge on any atom is 0.187 e. The van der Waals surface area contributed by atoms with Gasteiger partial charge in [0.2, 0.25) is 0 Å². The number of anilines is 2. The van der Waals surface area contributed by atoms with Gasteiger partial charge in [-0.25, -0.2) is 22.4 Å². The van der Waals surface area contributed by atoms with Crippen molar-refractivity contribution in [3.05, 3.63) is 142 Å². The van der Waals surface area contributed by atoms with E-state index in [0.717, 1.165) is 29.2 Å². The number of nitrogens with zero attached hydrogens (tertiary/aromatic N) is 5. The van der Waals surface area contributed by atoms with Gasteiger partial charge in [-0.15, -0.1) is 4.95 Å². The number of nitriles is 1. The molecule has 0 radical (unpaired) electrons. The molecule has 0 N–H and O–H groups in total. The highest BCUT2D eigenvalue weighted by Crippen LogP contribution is 2.36. The second kappa shape index (κ2) is 10.4. The Balaban J connectivity index is 2.01. The molecule has 0 heterocycles. The molecule has 0 aliphatic heterocycles. The Morgan fingerprint density at radius 3 is 1.81 bits per heavy atom. The van der Waals surface area contributed by atoms with Crippen LogP contribution < -0.4 is 4.90 Å². The van der Waals surface area contributed by atoms with Crippen LogP contribution in [0.1, 0.15) is 5.56 Å². The predicted molar refractivity (Wildman–Crippen MR) is 131 cm³/mol. The van der Waals surface area contributed by atoms with Crippen molar-refractivity contribution in [3.8, 4) is 6.07 Å². The summed E-state index contributed by atoms with van der Waals surface area (Å²) in [6.07, 6.45) is 4.36. The number of benzene rings is 3. The van der Waals surface area contributed by atoms with E-state index in [9.17, 15) is 22.8 Å². The fourth-order valence-corrected chi connectivity index (χ4v) is 3.76. The van der Waals surface area contributed by atoms with Gasteiger partial charge < -0.3 is 4.90 Å². The molecule has 5 nitrogen and oxygen atoms in total. The summed E-state index contributed by atoms with van der Waals surface area (Å²) >= 11 is 0. The van der Waals surface area contributed by atoms with Crippen LogP contribution >= 0.6 is 0 Å². The largest absolute Gasteiger partial charge is 0.308 e. The lowest BCUT2D eigenvalue weighted by atomic mass is 9.95. The SMILES string of the molecule is [C-]#[N+]/N=C1C=C/C(=C(/C#N)c2ccc([N+]#[C-])cc2)C=C/1N(c1cc(F)cc(F)c1)c1cc(F)cc(F)c1. The second-order valence-electron chi connectivity index (χ2n) is 7.64. The van der Waals surface area contributed by atoms with Gasteiger partial charge in [0.1, 0.15) is 29.3 Å². The Hall–Kier alpha value is -5.46. The van der Waals surface area contributed by atoms with Gasteiger partial charge in [-0.1, -0.05) is 30.3 Å². The average Bonchev–Trinajstić information content (AvgIpc) is 2.85. The molecule has 3 aromatic carbocycles. The molecular formula is C28H13F4N5. The first kappa shape index (κ1) is 24.7. The van der Waals surface area contributed by atoms with E-state index in [2.05, 4.69) is 21.0 Å². The van der Waals surface area contributed by atoms with E-state index >= 15 is 0 Å². The highest BCUT2D eigenvalue weighted by atomic mass is 19.1. The molecule has 0 amide bonds. The number of halogens is 4. The molecule has 0 spiro atoms. The summed E-state index contributed by atoms with van der Waals surface area (Å²) in [6, 6.07) is 13.5. The molecule has 4 rings (SSSR count). The topological polar surface area (TPSA) is 48.1 Å². The molecule has 9 heteroatoms. The lowest BCUT2D eigenvalue weighted by molar-refractivity contribution is 0.582. The van der Waals surface area contributed by atoms with E-state index in [0.29, 0.717) is 29.0 Å². The van der Waals surface area contributed by atoms with Crippen molar-refractivity contribution in [2.75, 3.05) is 4.90 Å². The smallest absolute Gasteiger partial charge is 0.187 e. The summed E-state index contributed by atoms with van der Waals surface area (Å²) in [5, 5.41) is 13.6. The summed E-state index contributed by atoms with van der Waals surface area (Å²) < 4.78 is 56.9. The average molecular weight is 495 g/mol. The van der Waals surface area contributed by atoms with Crippen LogP contribution in [0.15, 0.2) is 95.3 Å². The minimum Gasteiger partial charge on any atom is -0.308 e. The summed E-state index contributed by atoms with van der Waals surface area (Å²) in [6.45, 7) is 14.3. The van der Waals surface area contributed by atoms with Crippen molar-refractivity contribution < 1.29 is 17.6 Å². The highest BCUT2D eigenvalue weighted by molar-refractivity contribution is 6.14. The number of rotatable bonds is 4. The Morgan fingerprint density at radius 2 is 1.35 bits per heavy atom. The van der Waals surface area contributed by atoms with Gasteiger partial charge in [0.15, 0.2) is 11.4 Å². The zero-order chi connectivity index (χ0) is 26.5. The molecular weight excluding hydrogens is 482 g/mol. The summed E-state index contributed by atoms with van der Waals surface area (Å²) in [5.41, 5.74) is 1.15. The summed E-state index contributed by atoms with van der Waals surface area (Å²) in [4.78, 5) is 7.49. The standard InChI is InChI=1S/C28H13F4N5/c1-34-23-6-3-17(4-7-23)26(16-33)18-5-8-27(36-35-2)28(9-18)37(24-12-19(29)10-20(30)13-24)25-14-21(31)11-22(32)15-25/h3-15H/b26-18+,36-27-. The van der Waals surface area contributed by atoms with Crippen LogP contribution in [0, 0.1) is 47.7 Å². The number of hydrogen-bond donors (Lipinski definition) is 0. The zero-order valence-corrected chi connectivity index (χ0v) is 18.8. The van der Waals surface area contributed by atoms with Crippen LogP contribution in [-0.4, -0.2) is 5.71 Å². The van der Waals surface area contributed by atoms with E-state index in [1.807, 2.05) is 0 Å². The summed E-state index contributed by atoms with van der Waals surface area (Å²) in [5.74, 6) is -3.77. The quantitative estimate of drug-likeness (QED) is 0.162. The maximum absolute atomic E-state index is 14.2. The van der Waals surface area contributed by atoms with Crippen molar-refractivity contribution >= 4 is 28.3 Å². The van der Waals surface area contributed by atoms with Crippen LogP contribution in [0.4, 0.5) is 34.6 Å². The molecule has 0 atom stereocenters. The third-order valence-electron chi connectivity index (χ3n) is 5.27. The minimum atomic E-state index is -0.944. The van der Waals surface area contributed by atoms with Crippen LogP contribution in [0.2, 0.25) is 0 Å². The number of allylic oxidation sites excluding steroid dienone is 5. The summed E-state index contributed by atoms with van der Waals surface area (Å²) in [7, 11) is 0. The van der Waals surface area contributed by atoms with Gasteiger partial charge >= 0.3 is 0 Å². The van der Waals surface area contributed by atoms with Crippen molar-refractivity contribution in [1.82, 2.24) is 0 Å². The normalized spacial score (nSPS) is 14.8. The third-order valence-corrected chi connectivity index (χ3v) is 5.27. The van der Waals surface area contributed by atoms with Crippen molar-refractivity contribution in [1.29, 1.82) is 5.26 Å². The van der Waals surface area contributed by atoms with E-state index in [1.165, 1.54) is 18.2 Å². The minimum absolute atomic E-state index is 0.0220. The van der Waals surface area contributed by atoms with Gasteiger partial charge in [-0.05, 0) is 47.6 Å². The first-order valence-electron chi connectivity index (χ1n) is 10.5. The molecule has 0 fully saturated rings. The molecule has 178 valence electrons. The third kappa shape index (κ3) is 5.30. The van der Waals surface area contributed by atoms with Gasteiger partial charge in [-0.2, -0.15) is 11.8 Å². The number of hydrogen-bond acceptors (Lipinski definition) is 3. The predicted octanol–water partition coefficient (Wildman–Crippen LogP) is 7.64. The van der Waals surface area contributed by atoms with Crippen LogP contribution in [0.5, 0.6) is 0 Å². The van der Waals surface area contributed by atoms with Crippen molar-refractivity contribution in [2.45, 2.75) is 0 Å². The first-order valence-corrected chi connectivity index (χ1v) is 10.5. The van der Waals surface area contributed by atoms with Gasteiger partial charge in [-0.3, -0.25) is 0 Å². The molecule has 1 aliphatic carbocycles. The molecule has 0 aromatic heterocycles. The molecule has 37 heavy (non-hydrogen) atoms. The van der Waals surface area contributed by atoms with Crippen LogP contribution in [0.25, 0.3) is 15.4 Å². The van der Waals surface area contributed by atoms with E-state index < -0.39 is 23.3 Å². The second-order valence-corrected chi connectivity index (χ2v) is 7.64.